The molecule has 0 atom stereocenters. The van der Waals surface area contributed by atoms with Crippen LogP contribution in [0.2, 0.25) is 0 Å². The monoisotopic (exact) mass is 288 g/mol. The van der Waals surface area contributed by atoms with Gasteiger partial charge in [-0.05, 0) is 24.8 Å². The Morgan fingerprint density at radius 2 is 2.00 bits per heavy atom. The van der Waals surface area contributed by atoms with E-state index in [-0.39, 0.29) is 5.69 Å². The first kappa shape index (κ1) is 14.6. The number of alkyl halides is 3. The van der Waals surface area contributed by atoms with Gasteiger partial charge in [0.15, 0.2) is 5.69 Å². The summed E-state index contributed by atoms with van der Waals surface area (Å²) in [6, 6.07) is 0. The predicted molar refractivity (Wildman–Crippen MR) is 67.0 cm³/mol. The number of anilines is 1. The minimum Gasteiger partial charge on any atom is -0.478 e. The number of hydrogen-bond acceptors (Lipinski definition) is 3. The minimum atomic E-state index is -4.77. The average Bonchev–Trinajstić information content (AvgIpc) is 2.89. The minimum absolute atomic E-state index is 0.180. The number of carbonyl (C=O) groups is 1. The van der Waals surface area contributed by atoms with Gasteiger partial charge in [0.25, 0.3) is 0 Å². The summed E-state index contributed by atoms with van der Waals surface area (Å²) in [6.45, 7) is 2.93. The Labute approximate surface area is 114 Å². The van der Waals surface area contributed by atoms with Gasteiger partial charge >= 0.3 is 12.1 Å². The van der Waals surface area contributed by atoms with Gasteiger partial charge in [-0.2, -0.15) is 13.2 Å². The zero-order valence-corrected chi connectivity index (χ0v) is 11.0. The van der Waals surface area contributed by atoms with Crippen molar-refractivity contribution in [1.82, 2.24) is 4.98 Å². The fraction of sp³-hybridized carbons (Fsp3) is 0.538. The van der Waals surface area contributed by atoms with Crippen LogP contribution in [0.5, 0.6) is 0 Å². The Morgan fingerprint density at radius 1 is 1.40 bits per heavy atom. The molecule has 1 N–H and O–H groups in total. The maximum atomic E-state index is 13.0. The third-order valence-electron chi connectivity index (χ3n) is 3.41. The van der Waals surface area contributed by atoms with Crippen LogP contribution in [0.4, 0.5) is 18.9 Å². The van der Waals surface area contributed by atoms with Gasteiger partial charge in [-0.25, -0.2) is 4.79 Å². The first-order valence-electron chi connectivity index (χ1n) is 6.43. The number of aryl methyl sites for hydroxylation is 1. The SMILES string of the molecule is CCc1cnc(C(F)(F)F)c(C(=O)O)c1N1CCCC1. The summed E-state index contributed by atoms with van der Waals surface area (Å²) in [7, 11) is 0. The number of carboxylic acids is 1. The average molecular weight is 288 g/mol. The first-order chi connectivity index (χ1) is 9.36. The molecule has 0 spiro atoms. The second-order valence-corrected chi connectivity index (χ2v) is 4.71. The fourth-order valence-corrected chi connectivity index (χ4v) is 2.52. The van der Waals surface area contributed by atoms with Crippen LogP contribution in [0.15, 0.2) is 6.20 Å². The molecule has 110 valence electrons. The van der Waals surface area contributed by atoms with Crippen LogP contribution in [0.25, 0.3) is 0 Å². The van der Waals surface area contributed by atoms with Crippen molar-refractivity contribution < 1.29 is 23.1 Å². The van der Waals surface area contributed by atoms with Crippen LogP contribution in [0.3, 0.4) is 0 Å². The fourth-order valence-electron chi connectivity index (χ4n) is 2.52. The summed E-state index contributed by atoms with van der Waals surface area (Å²) in [5, 5.41) is 9.22. The van der Waals surface area contributed by atoms with Gasteiger partial charge in [-0.3, -0.25) is 4.98 Å². The molecule has 0 bridgehead atoms. The second-order valence-electron chi connectivity index (χ2n) is 4.71. The molecule has 0 unspecified atom stereocenters. The van der Waals surface area contributed by atoms with Crippen molar-refractivity contribution in [2.75, 3.05) is 18.0 Å². The van der Waals surface area contributed by atoms with E-state index in [2.05, 4.69) is 4.98 Å². The highest BCUT2D eigenvalue weighted by atomic mass is 19.4. The molecule has 1 aliphatic rings. The third kappa shape index (κ3) is 2.57. The van der Waals surface area contributed by atoms with Crippen LogP contribution >= 0.6 is 0 Å². The van der Waals surface area contributed by atoms with Crippen LogP contribution in [0, 0.1) is 0 Å². The van der Waals surface area contributed by atoms with Crippen molar-refractivity contribution in [2.24, 2.45) is 0 Å². The summed E-state index contributed by atoms with van der Waals surface area (Å²) in [4.78, 5) is 16.4. The van der Waals surface area contributed by atoms with E-state index in [4.69, 9.17) is 0 Å². The molecular formula is C13H15F3N2O2. The van der Waals surface area contributed by atoms with Gasteiger partial charge in [0.2, 0.25) is 0 Å². The van der Waals surface area contributed by atoms with E-state index in [1.807, 2.05) is 0 Å². The van der Waals surface area contributed by atoms with Gasteiger partial charge in [-0.15, -0.1) is 0 Å². The number of pyridine rings is 1. The number of carboxylic acid groups (broad SMARTS) is 1. The molecule has 1 aromatic heterocycles. The lowest BCUT2D eigenvalue weighted by Gasteiger charge is -2.24. The molecule has 0 aliphatic carbocycles. The number of nitrogens with zero attached hydrogens (tertiary/aromatic N) is 2. The smallest absolute Gasteiger partial charge is 0.434 e. The Balaban J connectivity index is 2.69. The number of aromatic nitrogens is 1. The van der Waals surface area contributed by atoms with Crippen molar-refractivity contribution in [3.63, 3.8) is 0 Å². The molecule has 2 heterocycles. The number of hydrogen-bond donors (Lipinski definition) is 1. The second kappa shape index (κ2) is 5.30. The number of halogens is 3. The molecule has 0 saturated carbocycles. The highest BCUT2D eigenvalue weighted by Gasteiger charge is 2.40. The van der Waals surface area contributed by atoms with Crippen molar-refractivity contribution in [2.45, 2.75) is 32.4 Å². The van der Waals surface area contributed by atoms with Gasteiger partial charge in [-0.1, -0.05) is 6.92 Å². The Kier molecular flexibility index (Phi) is 3.87. The molecule has 2 rings (SSSR count). The molecule has 4 nitrogen and oxygen atoms in total. The van der Waals surface area contributed by atoms with Crippen molar-refractivity contribution >= 4 is 11.7 Å². The summed E-state index contributed by atoms with van der Waals surface area (Å²) >= 11 is 0. The topological polar surface area (TPSA) is 53.4 Å². The highest BCUT2D eigenvalue weighted by molar-refractivity contribution is 5.96. The van der Waals surface area contributed by atoms with Crippen molar-refractivity contribution in [3.05, 3.63) is 23.0 Å². The van der Waals surface area contributed by atoms with E-state index < -0.39 is 23.4 Å². The maximum absolute atomic E-state index is 13.0. The molecule has 7 heteroatoms. The van der Waals surface area contributed by atoms with E-state index in [0.717, 1.165) is 19.0 Å². The maximum Gasteiger partial charge on any atom is 0.434 e. The Morgan fingerprint density at radius 3 is 2.45 bits per heavy atom. The molecule has 1 aliphatic heterocycles. The van der Waals surface area contributed by atoms with Gasteiger partial charge in [0.05, 0.1) is 5.69 Å². The standard InChI is InChI=1S/C13H15F3N2O2/c1-2-8-7-17-11(13(14,15)16)9(12(19)20)10(8)18-5-3-4-6-18/h7H,2-6H2,1H3,(H,19,20). The first-order valence-corrected chi connectivity index (χ1v) is 6.43. The van der Waals surface area contributed by atoms with Crippen LogP contribution in [-0.2, 0) is 12.6 Å². The molecule has 1 saturated heterocycles. The summed E-state index contributed by atoms with van der Waals surface area (Å²) in [5.74, 6) is -1.58. The van der Waals surface area contributed by atoms with E-state index in [1.54, 1.807) is 11.8 Å². The van der Waals surface area contributed by atoms with Crippen molar-refractivity contribution in [1.29, 1.82) is 0 Å². The molecule has 0 amide bonds. The van der Waals surface area contributed by atoms with Gasteiger partial charge in [0.1, 0.15) is 5.56 Å². The lowest BCUT2D eigenvalue weighted by molar-refractivity contribution is -0.141. The van der Waals surface area contributed by atoms with Crippen molar-refractivity contribution in [3.8, 4) is 0 Å². The Bertz CT molecular complexity index is 523. The lowest BCUT2D eigenvalue weighted by Crippen LogP contribution is -2.26. The van der Waals surface area contributed by atoms with E-state index >= 15 is 0 Å². The number of aromatic carboxylic acids is 1. The molecule has 0 aromatic carbocycles. The summed E-state index contributed by atoms with van der Waals surface area (Å²) in [5.41, 5.74) is -1.32. The molecule has 20 heavy (non-hydrogen) atoms. The molecule has 1 aromatic rings. The molecule has 1 fully saturated rings. The third-order valence-corrected chi connectivity index (χ3v) is 3.41. The largest absolute Gasteiger partial charge is 0.478 e. The number of rotatable bonds is 3. The Hall–Kier alpha value is -1.79. The van der Waals surface area contributed by atoms with Crippen LogP contribution < -0.4 is 4.90 Å². The molecular weight excluding hydrogens is 273 g/mol. The van der Waals surface area contributed by atoms with Gasteiger partial charge < -0.3 is 10.0 Å². The highest BCUT2D eigenvalue weighted by Crippen LogP contribution is 2.37. The zero-order chi connectivity index (χ0) is 14.9. The lowest BCUT2D eigenvalue weighted by atomic mass is 10.0. The van der Waals surface area contributed by atoms with E-state index in [1.165, 1.54) is 0 Å². The van der Waals surface area contributed by atoms with Gasteiger partial charge in [0, 0.05) is 19.3 Å². The quantitative estimate of drug-likeness (QED) is 0.929. The van der Waals surface area contributed by atoms with E-state index in [9.17, 15) is 23.1 Å². The summed E-state index contributed by atoms with van der Waals surface area (Å²) in [6.07, 6.45) is -1.48. The normalized spacial score (nSPS) is 15.7. The van der Waals surface area contributed by atoms with Crippen LogP contribution in [-0.4, -0.2) is 29.1 Å². The van der Waals surface area contributed by atoms with Crippen LogP contribution in [0.1, 0.15) is 41.4 Å². The summed E-state index contributed by atoms with van der Waals surface area (Å²) < 4.78 is 38.9. The predicted octanol–water partition coefficient (Wildman–Crippen LogP) is 2.96. The molecule has 0 radical (unpaired) electrons. The zero-order valence-electron chi connectivity index (χ0n) is 11.0. The van der Waals surface area contributed by atoms with E-state index in [0.29, 0.717) is 25.1 Å².